The molecule has 0 aromatic heterocycles. The number of amides is 2. The van der Waals surface area contributed by atoms with Crippen molar-refractivity contribution in [2.24, 2.45) is 5.92 Å². The predicted molar refractivity (Wildman–Crippen MR) is 178 cm³/mol. The monoisotopic (exact) mass is 665 g/mol. The summed E-state index contributed by atoms with van der Waals surface area (Å²) in [5.74, 6) is -1.26. The Morgan fingerprint density at radius 3 is 2.15 bits per heavy atom. The molecule has 4 aromatic rings. The molecule has 46 heavy (non-hydrogen) atoms. The molecular formula is C35H37ClFN3O5S. The Hall–Kier alpha value is -4.41. The summed E-state index contributed by atoms with van der Waals surface area (Å²) in [5, 5.41) is 3.05. The van der Waals surface area contributed by atoms with Crippen LogP contribution >= 0.6 is 11.6 Å². The van der Waals surface area contributed by atoms with E-state index in [9.17, 15) is 18.0 Å². The average molecular weight is 666 g/mol. The molecule has 0 aliphatic carbocycles. The number of methoxy groups -OCH3 is 1. The van der Waals surface area contributed by atoms with Crippen molar-refractivity contribution < 1.29 is 27.1 Å². The maximum Gasteiger partial charge on any atom is 0.264 e. The lowest BCUT2D eigenvalue weighted by Crippen LogP contribution is -2.53. The normalized spacial score (nSPS) is 12.0. The molecule has 1 unspecified atom stereocenters. The number of carbonyl (C=O) groups is 2. The molecule has 0 bridgehead atoms. The lowest BCUT2D eigenvalue weighted by Gasteiger charge is -2.34. The van der Waals surface area contributed by atoms with E-state index in [1.165, 1.54) is 60.5 Å². The zero-order chi connectivity index (χ0) is 33.3. The minimum absolute atomic E-state index is 0.0501. The highest BCUT2D eigenvalue weighted by Crippen LogP contribution is 2.32. The second-order valence-electron chi connectivity index (χ2n) is 11.1. The molecule has 0 radical (unpaired) electrons. The zero-order valence-electron chi connectivity index (χ0n) is 25.9. The van der Waals surface area contributed by atoms with E-state index in [4.69, 9.17) is 16.3 Å². The fourth-order valence-corrected chi connectivity index (χ4v) is 6.52. The van der Waals surface area contributed by atoms with Gasteiger partial charge in [-0.15, -0.1) is 0 Å². The molecule has 0 spiro atoms. The van der Waals surface area contributed by atoms with Gasteiger partial charge in [0.15, 0.2) is 0 Å². The number of rotatable bonds is 14. The van der Waals surface area contributed by atoms with E-state index in [0.717, 1.165) is 9.87 Å². The van der Waals surface area contributed by atoms with E-state index in [1.807, 2.05) is 44.2 Å². The molecule has 11 heteroatoms. The minimum atomic E-state index is -4.31. The van der Waals surface area contributed by atoms with Gasteiger partial charge in [-0.3, -0.25) is 13.9 Å². The summed E-state index contributed by atoms with van der Waals surface area (Å²) in [7, 11) is -2.88. The van der Waals surface area contributed by atoms with E-state index in [1.54, 1.807) is 24.3 Å². The summed E-state index contributed by atoms with van der Waals surface area (Å²) < 4.78 is 49.4. The second-order valence-corrected chi connectivity index (χ2v) is 13.4. The third kappa shape index (κ3) is 8.64. The molecule has 4 aromatic carbocycles. The minimum Gasteiger partial charge on any atom is -0.495 e. The van der Waals surface area contributed by atoms with Gasteiger partial charge in [0.1, 0.15) is 24.2 Å². The van der Waals surface area contributed by atoms with Crippen molar-refractivity contribution in [2.45, 2.75) is 37.8 Å². The predicted octanol–water partition coefficient (Wildman–Crippen LogP) is 6.10. The number of hydrogen-bond donors (Lipinski definition) is 1. The van der Waals surface area contributed by atoms with Crippen molar-refractivity contribution in [3.05, 3.63) is 125 Å². The smallest absolute Gasteiger partial charge is 0.264 e. The lowest BCUT2D eigenvalue weighted by atomic mass is 10.0. The Kier molecular flexibility index (Phi) is 11.8. The van der Waals surface area contributed by atoms with Gasteiger partial charge in [-0.25, -0.2) is 12.8 Å². The number of carbonyl (C=O) groups excluding carboxylic acids is 2. The molecule has 0 aliphatic heterocycles. The lowest BCUT2D eigenvalue weighted by molar-refractivity contribution is -0.140. The fourth-order valence-electron chi connectivity index (χ4n) is 4.85. The van der Waals surface area contributed by atoms with Gasteiger partial charge >= 0.3 is 0 Å². The van der Waals surface area contributed by atoms with Crippen LogP contribution in [0.15, 0.2) is 108 Å². The van der Waals surface area contributed by atoms with Crippen LogP contribution in [0.5, 0.6) is 5.75 Å². The highest BCUT2D eigenvalue weighted by atomic mass is 35.5. The highest BCUT2D eigenvalue weighted by molar-refractivity contribution is 7.92. The Labute approximate surface area is 274 Å². The Morgan fingerprint density at radius 1 is 0.913 bits per heavy atom. The third-order valence-electron chi connectivity index (χ3n) is 7.29. The standard InChI is InChI=1S/C35H37ClFN3O5S/c1-25(2)22-38-35(42)32(20-26-12-6-4-7-13-26)39(23-27-14-10-11-17-31(27)37)34(41)24-40(28-18-19-33(45-3)30(36)21-28)46(43,44)29-15-8-5-9-16-29/h4-19,21,25,32H,20,22-24H2,1-3H3,(H,38,42). The Bertz CT molecular complexity index is 1740. The summed E-state index contributed by atoms with van der Waals surface area (Å²) in [6.07, 6.45) is 0.116. The van der Waals surface area contributed by atoms with E-state index in [0.29, 0.717) is 12.3 Å². The fraction of sp³-hybridized carbons (Fsp3) is 0.257. The summed E-state index contributed by atoms with van der Waals surface area (Å²) in [6.45, 7) is 3.27. The molecule has 1 N–H and O–H groups in total. The molecule has 2 amide bonds. The molecular weight excluding hydrogens is 629 g/mol. The number of benzene rings is 4. The van der Waals surface area contributed by atoms with E-state index in [2.05, 4.69) is 5.32 Å². The number of halogens is 2. The van der Waals surface area contributed by atoms with Crippen LogP contribution in [0, 0.1) is 11.7 Å². The first-order valence-corrected chi connectivity index (χ1v) is 16.6. The first-order chi connectivity index (χ1) is 22.0. The molecule has 242 valence electrons. The van der Waals surface area contributed by atoms with Crippen molar-refractivity contribution in [3.8, 4) is 5.75 Å². The van der Waals surface area contributed by atoms with Crippen molar-refractivity contribution in [3.63, 3.8) is 0 Å². The van der Waals surface area contributed by atoms with Gasteiger partial charge in [-0.1, -0.05) is 92.2 Å². The number of anilines is 1. The molecule has 0 saturated carbocycles. The molecule has 0 heterocycles. The van der Waals surface area contributed by atoms with Crippen LogP contribution in [-0.2, 0) is 32.6 Å². The zero-order valence-corrected chi connectivity index (χ0v) is 27.5. The van der Waals surface area contributed by atoms with Gasteiger partial charge in [0.05, 0.1) is 22.7 Å². The van der Waals surface area contributed by atoms with Crippen LogP contribution in [0.25, 0.3) is 0 Å². The third-order valence-corrected chi connectivity index (χ3v) is 9.37. The number of sulfonamides is 1. The van der Waals surface area contributed by atoms with E-state index in [-0.39, 0.29) is 40.1 Å². The first-order valence-electron chi connectivity index (χ1n) is 14.8. The summed E-state index contributed by atoms with van der Waals surface area (Å²) in [5.41, 5.74) is 1.06. The Morgan fingerprint density at radius 2 is 1.54 bits per heavy atom. The molecule has 4 rings (SSSR count). The summed E-state index contributed by atoms with van der Waals surface area (Å²) >= 11 is 6.40. The molecule has 0 fully saturated rings. The van der Waals surface area contributed by atoms with Crippen LogP contribution in [0.1, 0.15) is 25.0 Å². The van der Waals surface area contributed by atoms with Crippen LogP contribution in [0.3, 0.4) is 0 Å². The van der Waals surface area contributed by atoms with Gasteiger partial charge in [-0.05, 0) is 47.9 Å². The van der Waals surface area contributed by atoms with E-state index >= 15 is 4.39 Å². The number of nitrogens with zero attached hydrogens (tertiary/aromatic N) is 2. The van der Waals surface area contributed by atoms with Crippen molar-refractivity contribution in [1.29, 1.82) is 0 Å². The largest absolute Gasteiger partial charge is 0.495 e. The van der Waals surface area contributed by atoms with Crippen molar-refractivity contribution in [1.82, 2.24) is 10.2 Å². The van der Waals surface area contributed by atoms with Gasteiger partial charge in [0.25, 0.3) is 10.0 Å². The van der Waals surface area contributed by atoms with Gasteiger partial charge in [-0.2, -0.15) is 0 Å². The number of hydrogen-bond acceptors (Lipinski definition) is 5. The van der Waals surface area contributed by atoms with E-state index < -0.39 is 40.2 Å². The number of ether oxygens (including phenoxy) is 1. The molecule has 0 saturated heterocycles. The van der Waals surface area contributed by atoms with Crippen molar-refractivity contribution in [2.75, 3.05) is 24.5 Å². The maximum atomic E-state index is 15.0. The molecule has 8 nitrogen and oxygen atoms in total. The van der Waals surface area contributed by atoms with Crippen LogP contribution in [0.4, 0.5) is 10.1 Å². The first kappa shape index (κ1) is 34.5. The average Bonchev–Trinajstić information content (AvgIpc) is 3.05. The quantitative estimate of drug-likeness (QED) is 0.176. The summed E-state index contributed by atoms with van der Waals surface area (Å²) in [6, 6.07) is 26.1. The molecule has 0 aliphatic rings. The van der Waals surface area contributed by atoms with Crippen LogP contribution in [0.2, 0.25) is 5.02 Å². The maximum absolute atomic E-state index is 15.0. The van der Waals surface area contributed by atoms with Gasteiger partial charge < -0.3 is 15.0 Å². The summed E-state index contributed by atoms with van der Waals surface area (Å²) in [4.78, 5) is 29.5. The van der Waals surface area contributed by atoms with Crippen LogP contribution < -0.4 is 14.4 Å². The number of nitrogens with one attached hydrogen (secondary N) is 1. The van der Waals surface area contributed by atoms with Crippen molar-refractivity contribution >= 4 is 39.1 Å². The Balaban J connectivity index is 1.82. The highest BCUT2D eigenvalue weighted by Gasteiger charge is 2.35. The second kappa shape index (κ2) is 15.7. The van der Waals surface area contributed by atoms with Crippen LogP contribution in [-0.4, -0.2) is 51.4 Å². The molecule has 1 atom stereocenters. The van der Waals surface area contributed by atoms with Gasteiger partial charge in [0.2, 0.25) is 11.8 Å². The van der Waals surface area contributed by atoms with Gasteiger partial charge in [0, 0.05) is 25.1 Å². The SMILES string of the molecule is COc1ccc(N(CC(=O)N(Cc2ccccc2F)C(Cc2ccccc2)C(=O)NCC(C)C)S(=O)(=O)c2ccccc2)cc1Cl. The topological polar surface area (TPSA) is 96.0 Å².